The van der Waals surface area contributed by atoms with Crippen molar-refractivity contribution in [1.82, 2.24) is 10.3 Å². The van der Waals surface area contributed by atoms with Crippen molar-refractivity contribution in [3.8, 4) is 11.8 Å². The number of rotatable bonds is 7. The average Bonchev–Trinajstić information content (AvgIpc) is 2.73. The maximum Gasteiger partial charge on any atom is 0.170 e. The molecule has 7 heteroatoms. The predicted octanol–water partition coefficient (Wildman–Crippen LogP) is 4.52. The lowest BCUT2D eigenvalue weighted by Crippen LogP contribution is -2.30. The van der Waals surface area contributed by atoms with Gasteiger partial charge in [-0.05, 0) is 67.9 Å². The van der Waals surface area contributed by atoms with Crippen molar-refractivity contribution in [3.05, 3.63) is 59.2 Å². The smallest absolute Gasteiger partial charge is 0.170 e. The van der Waals surface area contributed by atoms with Crippen LogP contribution >= 0.6 is 12.2 Å². The minimum Gasteiger partial charge on any atom is -0.497 e. The van der Waals surface area contributed by atoms with Gasteiger partial charge < -0.3 is 20.7 Å². The molecule has 3 N–H and O–H groups in total. The number of hydrogen-bond acceptors (Lipinski definition) is 5. The van der Waals surface area contributed by atoms with E-state index in [9.17, 15) is 5.26 Å². The molecule has 1 aromatic heterocycles. The zero-order valence-corrected chi connectivity index (χ0v) is 18.2. The van der Waals surface area contributed by atoms with Crippen LogP contribution in [-0.2, 0) is 0 Å². The summed E-state index contributed by atoms with van der Waals surface area (Å²) in [7, 11) is 1.63. The van der Waals surface area contributed by atoms with Gasteiger partial charge in [0.1, 0.15) is 17.6 Å². The Morgan fingerprint density at radius 1 is 1.17 bits per heavy atom. The molecule has 2 aromatic carbocycles. The second-order valence-electron chi connectivity index (χ2n) is 7.04. The van der Waals surface area contributed by atoms with E-state index in [1.165, 1.54) is 0 Å². The Labute approximate surface area is 182 Å². The highest BCUT2D eigenvalue weighted by Crippen LogP contribution is 2.24. The maximum absolute atomic E-state index is 9.50. The molecule has 6 nitrogen and oxygen atoms in total. The van der Waals surface area contributed by atoms with Gasteiger partial charge in [-0.15, -0.1) is 0 Å². The number of thiocarbonyl (C=S) groups is 1. The summed E-state index contributed by atoms with van der Waals surface area (Å²) in [5, 5.41) is 20.7. The summed E-state index contributed by atoms with van der Waals surface area (Å²) in [5.74, 6) is 1.39. The molecule has 0 aliphatic rings. The number of ether oxygens (including phenoxy) is 1. The third-order valence-corrected chi connectivity index (χ3v) is 4.91. The van der Waals surface area contributed by atoms with Crippen LogP contribution in [-0.4, -0.2) is 30.3 Å². The number of fused-ring (bicyclic) bond motifs is 1. The second-order valence-corrected chi connectivity index (χ2v) is 7.45. The largest absolute Gasteiger partial charge is 0.497 e. The summed E-state index contributed by atoms with van der Waals surface area (Å²) < 4.78 is 5.21. The van der Waals surface area contributed by atoms with E-state index in [0.29, 0.717) is 29.6 Å². The molecule has 0 spiro atoms. The van der Waals surface area contributed by atoms with Crippen LogP contribution in [0.1, 0.15) is 23.1 Å². The van der Waals surface area contributed by atoms with Crippen LogP contribution in [0, 0.1) is 25.2 Å². The topological polar surface area (TPSA) is 82.0 Å². The van der Waals surface area contributed by atoms with Crippen molar-refractivity contribution < 1.29 is 4.74 Å². The molecule has 30 heavy (non-hydrogen) atoms. The van der Waals surface area contributed by atoms with Gasteiger partial charge in [0.05, 0.1) is 18.2 Å². The van der Waals surface area contributed by atoms with E-state index in [4.69, 9.17) is 17.0 Å². The molecular formula is C23H25N5OS. The zero-order valence-electron chi connectivity index (χ0n) is 17.4. The number of aromatic nitrogens is 1. The molecule has 0 amide bonds. The molecule has 154 valence electrons. The SMILES string of the molecule is COc1cccc(NC(=S)NCCCNc2nc3cc(C)cc(C)c3cc2C#N)c1. The summed E-state index contributed by atoms with van der Waals surface area (Å²) in [5.41, 5.74) is 4.61. The predicted molar refractivity (Wildman–Crippen MR) is 126 cm³/mol. The standard InChI is InChI=1S/C23H25N5OS/c1-15-10-16(2)20-12-17(14-24)22(28-21(20)11-15)25-8-5-9-26-23(30)27-18-6-4-7-19(13-18)29-3/h4,6-7,10-13H,5,8-9H2,1-3H3,(H,25,28)(H2,26,27,30). The van der Waals surface area contributed by atoms with Gasteiger partial charge in [-0.1, -0.05) is 12.1 Å². The molecule has 0 bridgehead atoms. The number of aryl methyl sites for hydroxylation is 2. The Morgan fingerprint density at radius 3 is 2.77 bits per heavy atom. The Balaban J connectivity index is 1.52. The summed E-state index contributed by atoms with van der Waals surface area (Å²) in [4.78, 5) is 4.67. The van der Waals surface area contributed by atoms with Gasteiger partial charge in [0.2, 0.25) is 0 Å². The first-order valence-electron chi connectivity index (χ1n) is 9.75. The number of benzene rings is 2. The zero-order chi connectivity index (χ0) is 21.5. The van der Waals surface area contributed by atoms with Crippen LogP contribution in [0.2, 0.25) is 0 Å². The highest BCUT2D eigenvalue weighted by atomic mass is 32.1. The van der Waals surface area contributed by atoms with E-state index in [-0.39, 0.29) is 0 Å². The maximum atomic E-state index is 9.50. The Morgan fingerprint density at radius 2 is 2.00 bits per heavy atom. The Hall–Kier alpha value is -3.37. The Kier molecular flexibility index (Phi) is 7.04. The summed E-state index contributed by atoms with van der Waals surface area (Å²) in [6.45, 7) is 5.45. The van der Waals surface area contributed by atoms with Crippen molar-refractivity contribution in [1.29, 1.82) is 5.26 Å². The third kappa shape index (κ3) is 5.37. The molecule has 0 aliphatic heterocycles. The van der Waals surface area contributed by atoms with Crippen molar-refractivity contribution in [2.45, 2.75) is 20.3 Å². The van der Waals surface area contributed by atoms with Crippen LogP contribution in [0.5, 0.6) is 5.75 Å². The molecular weight excluding hydrogens is 394 g/mol. The van der Waals surface area contributed by atoms with Crippen molar-refractivity contribution in [3.63, 3.8) is 0 Å². The number of pyridine rings is 1. The minimum atomic E-state index is 0.552. The summed E-state index contributed by atoms with van der Waals surface area (Å²) >= 11 is 5.34. The number of methoxy groups -OCH3 is 1. The Bertz CT molecular complexity index is 1110. The molecule has 0 radical (unpaired) electrons. The van der Waals surface area contributed by atoms with E-state index >= 15 is 0 Å². The van der Waals surface area contributed by atoms with Crippen molar-refractivity contribution >= 4 is 39.7 Å². The van der Waals surface area contributed by atoms with Gasteiger partial charge in [0, 0.05) is 30.2 Å². The van der Waals surface area contributed by atoms with E-state index in [1.54, 1.807) is 7.11 Å². The van der Waals surface area contributed by atoms with E-state index in [1.807, 2.05) is 50.2 Å². The molecule has 0 aliphatic carbocycles. The molecule has 0 saturated heterocycles. The van der Waals surface area contributed by atoms with Gasteiger partial charge in [-0.2, -0.15) is 5.26 Å². The lowest BCUT2D eigenvalue weighted by Gasteiger charge is -2.13. The monoisotopic (exact) mass is 419 g/mol. The minimum absolute atomic E-state index is 0.552. The van der Waals surface area contributed by atoms with Gasteiger partial charge in [-0.3, -0.25) is 0 Å². The molecule has 0 unspecified atom stereocenters. The normalized spacial score (nSPS) is 10.3. The lowest BCUT2D eigenvalue weighted by atomic mass is 10.0. The number of anilines is 2. The van der Waals surface area contributed by atoms with Gasteiger partial charge in [0.15, 0.2) is 5.11 Å². The average molecular weight is 420 g/mol. The first-order chi connectivity index (χ1) is 14.5. The van der Waals surface area contributed by atoms with E-state index in [2.05, 4.69) is 33.1 Å². The van der Waals surface area contributed by atoms with Gasteiger partial charge in [0.25, 0.3) is 0 Å². The molecule has 3 rings (SSSR count). The fraction of sp³-hybridized carbons (Fsp3) is 0.261. The summed E-state index contributed by atoms with van der Waals surface area (Å²) in [6.07, 6.45) is 0.817. The van der Waals surface area contributed by atoms with Crippen LogP contribution in [0.25, 0.3) is 10.9 Å². The molecule has 1 heterocycles. The fourth-order valence-corrected chi connectivity index (χ4v) is 3.44. The van der Waals surface area contributed by atoms with Gasteiger partial charge >= 0.3 is 0 Å². The molecule has 3 aromatic rings. The van der Waals surface area contributed by atoms with Crippen LogP contribution in [0.4, 0.5) is 11.5 Å². The first-order valence-corrected chi connectivity index (χ1v) is 10.2. The summed E-state index contributed by atoms with van der Waals surface area (Å²) in [6, 6.07) is 15.9. The van der Waals surface area contributed by atoms with Crippen LogP contribution in [0.15, 0.2) is 42.5 Å². The van der Waals surface area contributed by atoms with Crippen molar-refractivity contribution in [2.75, 3.05) is 30.8 Å². The quantitative estimate of drug-likeness (QED) is 0.384. The van der Waals surface area contributed by atoms with E-state index < -0.39 is 0 Å². The lowest BCUT2D eigenvalue weighted by molar-refractivity contribution is 0.415. The first kappa shape index (κ1) is 21.3. The number of nitrogens with zero attached hydrogens (tertiary/aromatic N) is 2. The molecule has 0 fully saturated rings. The fourth-order valence-electron chi connectivity index (χ4n) is 3.22. The third-order valence-electron chi connectivity index (χ3n) is 4.67. The van der Waals surface area contributed by atoms with Crippen LogP contribution < -0.4 is 20.7 Å². The van der Waals surface area contributed by atoms with E-state index in [0.717, 1.165) is 39.9 Å². The highest BCUT2D eigenvalue weighted by molar-refractivity contribution is 7.80. The highest BCUT2D eigenvalue weighted by Gasteiger charge is 2.09. The van der Waals surface area contributed by atoms with Gasteiger partial charge in [-0.25, -0.2) is 4.98 Å². The second kappa shape index (κ2) is 9.90. The van der Waals surface area contributed by atoms with Crippen LogP contribution in [0.3, 0.4) is 0 Å². The number of hydrogen-bond donors (Lipinski definition) is 3. The number of nitrogens with one attached hydrogen (secondary N) is 3. The van der Waals surface area contributed by atoms with Crippen molar-refractivity contribution in [2.24, 2.45) is 0 Å². The number of nitriles is 1. The molecule has 0 saturated carbocycles. The molecule has 0 atom stereocenters.